The first-order valence-corrected chi connectivity index (χ1v) is 8.06. The van der Waals surface area contributed by atoms with Crippen LogP contribution in [0.3, 0.4) is 0 Å². The van der Waals surface area contributed by atoms with Crippen LogP contribution in [-0.4, -0.2) is 29.4 Å². The Kier molecular flexibility index (Phi) is 4.83. The Bertz CT molecular complexity index is 572. The van der Waals surface area contributed by atoms with Crippen molar-refractivity contribution in [3.8, 4) is 0 Å². The average molecular weight is 360 g/mol. The van der Waals surface area contributed by atoms with E-state index < -0.39 is 6.10 Å². The summed E-state index contributed by atoms with van der Waals surface area (Å²) in [4.78, 5) is 3.01. The van der Waals surface area contributed by atoms with Crippen LogP contribution in [0.4, 0.5) is 5.13 Å². The van der Waals surface area contributed by atoms with Crippen molar-refractivity contribution in [1.82, 2.24) is 10.2 Å². The first kappa shape index (κ1) is 14.8. The van der Waals surface area contributed by atoms with Crippen LogP contribution < -0.4 is 4.90 Å². The highest BCUT2D eigenvalue weighted by Gasteiger charge is 2.10. The number of rotatable bonds is 4. The van der Waals surface area contributed by atoms with Crippen LogP contribution in [0.5, 0.6) is 0 Å². The summed E-state index contributed by atoms with van der Waals surface area (Å²) in [6, 6.07) is 5.89. The fourth-order valence-electron chi connectivity index (χ4n) is 1.44. The molecule has 0 bridgehead atoms. The van der Waals surface area contributed by atoms with E-state index >= 15 is 0 Å². The molecule has 1 N–H and O–H groups in total. The maximum absolute atomic E-state index is 9.59. The Morgan fingerprint density at radius 1 is 1.37 bits per heavy atom. The van der Waals surface area contributed by atoms with Crippen molar-refractivity contribution in [1.29, 1.82) is 0 Å². The van der Waals surface area contributed by atoms with Gasteiger partial charge < -0.3 is 10.0 Å². The Morgan fingerprint density at radius 3 is 2.63 bits per heavy atom. The predicted molar refractivity (Wildman–Crippen MR) is 83.1 cm³/mol. The first-order chi connectivity index (χ1) is 8.97. The monoisotopic (exact) mass is 359 g/mol. The van der Waals surface area contributed by atoms with Crippen LogP contribution in [0.15, 0.2) is 31.9 Å². The minimum atomic E-state index is -0.477. The van der Waals surface area contributed by atoms with Gasteiger partial charge in [0.25, 0.3) is 0 Å². The van der Waals surface area contributed by atoms with E-state index in [0.29, 0.717) is 0 Å². The normalized spacial score (nSPS) is 12.5. The smallest absolute Gasteiger partial charge is 0.208 e. The van der Waals surface area contributed by atoms with Gasteiger partial charge in [-0.25, -0.2) is 0 Å². The van der Waals surface area contributed by atoms with Crippen molar-refractivity contribution in [2.24, 2.45) is 0 Å². The van der Waals surface area contributed by atoms with Crippen molar-refractivity contribution in [3.05, 3.63) is 28.2 Å². The number of aliphatic hydroxyl groups excluding tert-OH is 1. The maximum Gasteiger partial charge on any atom is 0.208 e. The SMILES string of the molecule is C[C@H](O)c1ccc(Sc2nnc(N(C)C)s2)cc1Br. The van der Waals surface area contributed by atoms with Gasteiger partial charge in [0, 0.05) is 23.5 Å². The Morgan fingerprint density at radius 2 is 2.11 bits per heavy atom. The second-order valence-electron chi connectivity index (χ2n) is 4.21. The molecule has 1 atom stereocenters. The molecule has 0 fully saturated rings. The molecule has 102 valence electrons. The summed E-state index contributed by atoms with van der Waals surface area (Å²) in [5, 5.41) is 18.7. The number of halogens is 1. The van der Waals surface area contributed by atoms with E-state index in [-0.39, 0.29) is 0 Å². The predicted octanol–water partition coefficient (Wildman–Crippen LogP) is 3.57. The molecule has 2 rings (SSSR count). The lowest BCUT2D eigenvalue weighted by Gasteiger charge is -2.08. The third kappa shape index (κ3) is 3.68. The molecule has 19 heavy (non-hydrogen) atoms. The van der Waals surface area contributed by atoms with Gasteiger partial charge in [-0.1, -0.05) is 45.1 Å². The molecule has 0 saturated heterocycles. The zero-order valence-corrected chi connectivity index (χ0v) is 14.0. The van der Waals surface area contributed by atoms with Crippen molar-refractivity contribution in [3.63, 3.8) is 0 Å². The fraction of sp³-hybridized carbons (Fsp3) is 0.333. The standard InChI is InChI=1S/C12H14BrN3OS2/c1-7(17)9-5-4-8(6-10(9)13)18-12-15-14-11(19-12)16(2)3/h4-7,17H,1-3H3/t7-/m0/s1. The fourth-order valence-corrected chi connectivity index (χ4v) is 4.07. The van der Waals surface area contributed by atoms with Crippen LogP contribution in [0.2, 0.25) is 0 Å². The minimum absolute atomic E-state index is 0.477. The number of hydrogen-bond donors (Lipinski definition) is 1. The highest BCUT2D eigenvalue weighted by Crippen LogP contribution is 2.35. The summed E-state index contributed by atoms with van der Waals surface area (Å²) in [6.07, 6.45) is -0.477. The number of aromatic nitrogens is 2. The van der Waals surface area contributed by atoms with E-state index in [9.17, 15) is 5.11 Å². The van der Waals surface area contributed by atoms with Gasteiger partial charge in [0.15, 0.2) is 4.34 Å². The average Bonchev–Trinajstić information content (AvgIpc) is 2.77. The zero-order chi connectivity index (χ0) is 14.0. The van der Waals surface area contributed by atoms with Gasteiger partial charge in [-0.3, -0.25) is 0 Å². The van der Waals surface area contributed by atoms with Crippen LogP contribution in [0.25, 0.3) is 0 Å². The summed E-state index contributed by atoms with van der Waals surface area (Å²) in [6.45, 7) is 1.75. The third-order valence-electron chi connectivity index (χ3n) is 2.41. The molecule has 0 aliphatic rings. The molecule has 0 aliphatic heterocycles. The van der Waals surface area contributed by atoms with E-state index in [4.69, 9.17) is 0 Å². The lowest BCUT2D eigenvalue weighted by Crippen LogP contribution is -2.07. The number of nitrogens with zero attached hydrogens (tertiary/aromatic N) is 3. The Labute approximate surface area is 129 Å². The Balaban J connectivity index is 2.16. The Hall–Kier alpha value is -0.630. The molecule has 0 aliphatic carbocycles. The molecular formula is C12H14BrN3OS2. The van der Waals surface area contributed by atoms with Gasteiger partial charge in [0.1, 0.15) is 0 Å². The molecule has 1 aromatic carbocycles. The van der Waals surface area contributed by atoms with Crippen LogP contribution in [0.1, 0.15) is 18.6 Å². The second kappa shape index (κ2) is 6.21. The van der Waals surface area contributed by atoms with Crippen molar-refractivity contribution in [2.45, 2.75) is 22.3 Å². The highest BCUT2D eigenvalue weighted by atomic mass is 79.9. The number of benzene rings is 1. The summed E-state index contributed by atoms with van der Waals surface area (Å²) < 4.78 is 1.81. The van der Waals surface area contributed by atoms with Gasteiger partial charge in [0.2, 0.25) is 5.13 Å². The van der Waals surface area contributed by atoms with Crippen molar-refractivity contribution in [2.75, 3.05) is 19.0 Å². The molecule has 2 aromatic rings. The first-order valence-electron chi connectivity index (χ1n) is 5.63. The van der Waals surface area contributed by atoms with Gasteiger partial charge in [-0.2, -0.15) is 0 Å². The van der Waals surface area contributed by atoms with Gasteiger partial charge in [-0.15, -0.1) is 10.2 Å². The molecule has 4 nitrogen and oxygen atoms in total. The molecule has 0 radical (unpaired) electrons. The van der Waals surface area contributed by atoms with E-state index in [1.54, 1.807) is 30.0 Å². The van der Waals surface area contributed by atoms with Crippen molar-refractivity contribution < 1.29 is 5.11 Å². The molecule has 1 heterocycles. The van der Waals surface area contributed by atoms with E-state index in [1.165, 1.54) is 0 Å². The lowest BCUT2D eigenvalue weighted by molar-refractivity contribution is 0.198. The molecular weight excluding hydrogens is 346 g/mol. The third-order valence-corrected chi connectivity index (χ3v) is 5.22. The molecule has 0 amide bonds. The largest absolute Gasteiger partial charge is 0.389 e. The van der Waals surface area contributed by atoms with Gasteiger partial charge in [-0.05, 0) is 24.6 Å². The zero-order valence-electron chi connectivity index (χ0n) is 10.8. The topological polar surface area (TPSA) is 49.3 Å². The summed E-state index contributed by atoms with van der Waals surface area (Å²) in [5.41, 5.74) is 0.885. The minimum Gasteiger partial charge on any atom is -0.389 e. The number of aliphatic hydroxyl groups is 1. The van der Waals surface area contributed by atoms with Crippen LogP contribution in [0, 0.1) is 0 Å². The highest BCUT2D eigenvalue weighted by molar-refractivity contribution is 9.10. The van der Waals surface area contributed by atoms with Crippen molar-refractivity contribution >= 4 is 44.2 Å². The molecule has 7 heteroatoms. The molecule has 0 unspecified atom stereocenters. The van der Waals surface area contributed by atoms with E-state index in [2.05, 4.69) is 26.1 Å². The maximum atomic E-state index is 9.59. The number of anilines is 1. The van der Waals surface area contributed by atoms with Gasteiger partial charge in [0.05, 0.1) is 6.10 Å². The second-order valence-corrected chi connectivity index (χ2v) is 7.34. The molecule has 1 aromatic heterocycles. The van der Waals surface area contributed by atoms with E-state index in [0.717, 1.165) is 24.4 Å². The lowest BCUT2D eigenvalue weighted by atomic mass is 10.1. The summed E-state index contributed by atoms with van der Waals surface area (Å²) >= 11 is 6.60. The molecule has 0 spiro atoms. The van der Waals surface area contributed by atoms with E-state index in [1.807, 2.05) is 37.2 Å². The number of hydrogen-bond acceptors (Lipinski definition) is 6. The van der Waals surface area contributed by atoms with Gasteiger partial charge >= 0.3 is 0 Å². The molecule has 0 saturated carbocycles. The summed E-state index contributed by atoms with van der Waals surface area (Å²) in [5.74, 6) is 0. The van der Waals surface area contributed by atoms with Crippen LogP contribution >= 0.6 is 39.0 Å². The quantitative estimate of drug-likeness (QED) is 0.903. The van der Waals surface area contributed by atoms with Crippen LogP contribution in [-0.2, 0) is 0 Å². The summed E-state index contributed by atoms with van der Waals surface area (Å²) in [7, 11) is 3.89.